The molecule has 8 heteroatoms. The van der Waals surface area contributed by atoms with Gasteiger partial charge in [-0.25, -0.2) is 4.18 Å². The summed E-state index contributed by atoms with van der Waals surface area (Å²) in [5.41, 5.74) is 2.44. The van der Waals surface area contributed by atoms with E-state index in [1.54, 1.807) is 12.1 Å². The molecule has 1 fully saturated rings. The van der Waals surface area contributed by atoms with Crippen molar-refractivity contribution in [3.63, 3.8) is 0 Å². The van der Waals surface area contributed by atoms with E-state index in [9.17, 15) is 8.42 Å². The molecule has 5 rings (SSSR count). The number of hydrogen-bond donors (Lipinski definition) is 0. The second-order valence-electron chi connectivity index (χ2n) is 7.08. The summed E-state index contributed by atoms with van der Waals surface area (Å²) in [7, 11) is -3.97. The molecule has 0 N–H and O–H groups in total. The molecule has 2 atom stereocenters. The Hall–Kier alpha value is -2.39. The van der Waals surface area contributed by atoms with Crippen LogP contribution in [0.25, 0.3) is 0 Å². The molecule has 1 saturated heterocycles. The lowest BCUT2D eigenvalue weighted by Gasteiger charge is -2.24. The Kier molecular flexibility index (Phi) is 5.02. The minimum atomic E-state index is -3.97. The van der Waals surface area contributed by atoms with Crippen molar-refractivity contribution in [2.45, 2.75) is 18.7 Å². The first kappa shape index (κ1) is 19.6. The molecule has 0 radical (unpaired) electrons. The maximum atomic E-state index is 13.1. The molecule has 0 unspecified atom stereocenters. The van der Waals surface area contributed by atoms with Crippen LogP contribution in [0.1, 0.15) is 28.8 Å². The summed E-state index contributed by atoms with van der Waals surface area (Å²) >= 11 is 3.53. The fraction of sp³-hybridized carbons (Fsp3) is 0.182. The monoisotopic (exact) mass is 487 g/mol. The average molecular weight is 488 g/mol. The van der Waals surface area contributed by atoms with E-state index in [0.717, 1.165) is 21.2 Å². The van der Waals surface area contributed by atoms with Crippen molar-refractivity contribution in [2.75, 3.05) is 6.79 Å². The quantitative estimate of drug-likeness (QED) is 0.531. The summed E-state index contributed by atoms with van der Waals surface area (Å²) in [5, 5.41) is 0. The normalized spacial score (nSPS) is 22.3. The van der Waals surface area contributed by atoms with Crippen LogP contribution in [0.3, 0.4) is 0 Å². The molecular formula is C22H18BrNO5S. The third kappa shape index (κ3) is 3.50. The van der Waals surface area contributed by atoms with E-state index in [1.807, 2.05) is 60.7 Å². The molecule has 0 bridgehead atoms. The molecule has 2 aliphatic heterocycles. The predicted octanol–water partition coefficient (Wildman–Crippen LogP) is 4.74. The van der Waals surface area contributed by atoms with E-state index in [2.05, 4.69) is 15.9 Å². The van der Waals surface area contributed by atoms with Crippen LogP contribution in [-0.2, 0) is 21.0 Å². The second kappa shape index (κ2) is 7.70. The lowest BCUT2D eigenvalue weighted by molar-refractivity contribution is 0.174. The number of rotatable bonds is 4. The summed E-state index contributed by atoms with van der Waals surface area (Å²) in [6.45, 7) is 0.279. The van der Waals surface area contributed by atoms with Gasteiger partial charge in [-0.05, 0) is 28.8 Å². The number of hydrogen-bond acceptors (Lipinski definition) is 5. The minimum absolute atomic E-state index is 0.127. The Balaban J connectivity index is 1.58. The number of halogens is 1. The van der Waals surface area contributed by atoms with E-state index < -0.39 is 22.4 Å². The van der Waals surface area contributed by atoms with E-state index in [4.69, 9.17) is 13.7 Å². The summed E-state index contributed by atoms with van der Waals surface area (Å²) in [4.78, 5) is 0. The van der Waals surface area contributed by atoms with Gasteiger partial charge < -0.3 is 9.47 Å². The fourth-order valence-corrected chi connectivity index (χ4v) is 5.67. The zero-order chi connectivity index (χ0) is 20.7. The number of ether oxygens (including phenoxy) is 2. The zero-order valence-corrected chi connectivity index (χ0v) is 18.2. The molecule has 3 aromatic carbocycles. The van der Waals surface area contributed by atoms with Gasteiger partial charge in [-0.2, -0.15) is 12.7 Å². The van der Waals surface area contributed by atoms with E-state index in [-0.39, 0.29) is 13.3 Å². The standard InChI is InChI=1S/C22H18BrNO5S/c23-18-12-20-19(27-14-28-20)11-17(18)13-24-21(15-7-3-1-4-8-15)22(29-30(24,25)26)16-9-5-2-6-10-16/h1-12,21-22H,13-14H2/t21-,22+/m1/s1. The van der Waals surface area contributed by atoms with Gasteiger partial charge in [0.1, 0.15) is 6.10 Å². The lowest BCUT2D eigenvalue weighted by Crippen LogP contribution is -2.28. The highest BCUT2D eigenvalue weighted by Crippen LogP contribution is 2.47. The number of fused-ring (bicyclic) bond motifs is 1. The highest BCUT2D eigenvalue weighted by Gasteiger charge is 2.48. The molecule has 6 nitrogen and oxygen atoms in total. The van der Waals surface area contributed by atoms with Gasteiger partial charge in [-0.15, -0.1) is 0 Å². The van der Waals surface area contributed by atoms with Gasteiger partial charge in [0, 0.05) is 11.0 Å². The first-order valence-electron chi connectivity index (χ1n) is 9.41. The topological polar surface area (TPSA) is 65.1 Å². The number of benzene rings is 3. The Labute approximate surface area is 183 Å². The van der Waals surface area contributed by atoms with Crippen molar-refractivity contribution in [3.05, 3.63) is 94.0 Å². The molecule has 154 valence electrons. The first-order valence-corrected chi connectivity index (χ1v) is 11.6. The maximum Gasteiger partial charge on any atom is 0.340 e. The molecule has 30 heavy (non-hydrogen) atoms. The van der Waals surface area contributed by atoms with E-state index >= 15 is 0 Å². The Morgan fingerprint density at radius 2 is 1.50 bits per heavy atom. The molecular weight excluding hydrogens is 470 g/mol. The Morgan fingerprint density at radius 1 is 0.900 bits per heavy atom. The summed E-state index contributed by atoms with van der Waals surface area (Å²) < 4.78 is 44.9. The van der Waals surface area contributed by atoms with Crippen molar-refractivity contribution in [1.29, 1.82) is 0 Å². The van der Waals surface area contributed by atoms with E-state index in [1.165, 1.54) is 4.31 Å². The van der Waals surface area contributed by atoms with Crippen LogP contribution in [0.5, 0.6) is 11.5 Å². The van der Waals surface area contributed by atoms with Gasteiger partial charge in [0.2, 0.25) is 6.79 Å². The minimum Gasteiger partial charge on any atom is -0.454 e. The molecule has 0 aliphatic carbocycles. The average Bonchev–Trinajstić information content (AvgIpc) is 3.31. The largest absolute Gasteiger partial charge is 0.454 e. The van der Waals surface area contributed by atoms with Crippen LogP contribution in [0.15, 0.2) is 77.3 Å². The van der Waals surface area contributed by atoms with E-state index in [0.29, 0.717) is 11.5 Å². The van der Waals surface area contributed by atoms with Gasteiger partial charge in [-0.3, -0.25) is 0 Å². The molecule has 0 aromatic heterocycles. The summed E-state index contributed by atoms with van der Waals surface area (Å²) in [6, 6.07) is 22.1. The van der Waals surface area contributed by atoms with Gasteiger partial charge >= 0.3 is 10.3 Å². The Morgan fingerprint density at radius 3 is 2.17 bits per heavy atom. The van der Waals surface area contributed by atoms with Crippen molar-refractivity contribution < 1.29 is 22.1 Å². The van der Waals surface area contributed by atoms with Crippen molar-refractivity contribution in [3.8, 4) is 11.5 Å². The first-order chi connectivity index (χ1) is 14.5. The van der Waals surface area contributed by atoms with Gasteiger partial charge in [0.05, 0.1) is 6.04 Å². The Bertz CT molecular complexity index is 1170. The molecule has 3 aromatic rings. The smallest absolute Gasteiger partial charge is 0.340 e. The van der Waals surface area contributed by atoms with Crippen LogP contribution in [0.4, 0.5) is 0 Å². The SMILES string of the molecule is O=S1(=O)O[C@@H](c2ccccc2)[C@@H](c2ccccc2)N1Cc1cc2c(cc1Br)OCO2. The summed E-state index contributed by atoms with van der Waals surface area (Å²) in [5.74, 6) is 1.23. The van der Waals surface area contributed by atoms with Gasteiger partial charge in [0.25, 0.3) is 0 Å². The van der Waals surface area contributed by atoms with Crippen molar-refractivity contribution in [1.82, 2.24) is 4.31 Å². The summed E-state index contributed by atoms with van der Waals surface area (Å²) in [6.07, 6.45) is -0.647. The molecule has 2 aliphatic rings. The molecule has 0 amide bonds. The van der Waals surface area contributed by atoms with Crippen molar-refractivity contribution >= 4 is 26.2 Å². The predicted molar refractivity (Wildman–Crippen MR) is 114 cm³/mol. The third-order valence-corrected chi connectivity index (χ3v) is 7.37. The second-order valence-corrected chi connectivity index (χ2v) is 9.45. The lowest BCUT2D eigenvalue weighted by atomic mass is 9.95. The van der Waals surface area contributed by atoms with Crippen LogP contribution in [-0.4, -0.2) is 19.5 Å². The van der Waals surface area contributed by atoms with Gasteiger partial charge in [0.15, 0.2) is 11.5 Å². The highest BCUT2D eigenvalue weighted by atomic mass is 79.9. The van der Waals surface area contributed by atoms with Gasteiger partial charge in [-0.1, -0.05) is 76.6 Å². The molecule has 2 heterocycles. The van der Waals surface area contributed by atoms with Crippen LogP contribution < -0.4 is 9.47 Å². The molecule has 0 saturated carbocycles. The van der Waals surface area contributed by atoms with Crippen LogP contribution >= 0.6 is 15.9 Å². The van der Waals surface area contributed by atoms with Crippen molar-refractivity contribution in [2.24, 2.45) is 0 Å². The maximum absolute atomic E-state index is 13.1. The molecule has 0 spiro atoms. The number of nitrogens with zero attached hydrogens (tertiary/aromatic N) is 1. The van der Waals surface area contributed by atoms with Crippen LogP contribution in [0, 0.1) is 0 Å². The van der Waals surface area contributed by atoms with Crippen LogP contribution in [0.2, 0.25) is 0 Å². The fourth-order valence-electron chi connectivity index (χ4n) is 3.83. The highest BCUT2D eigenvalue weighted by molar-refractivity contribution is 9.10. The third-order valence-electron chi connectivity index (χ3n) is 5.25. The zero-order valence-electron chi connectivity index (χ0n) is 15.8.